The number of hydrogen-bond donors (Lipinski definition) is 2. The number of nitrogens with one attached hydrogen (secondary N) is 1. The summed E-state index contributed by atoms with van der Waals surface area (Å²) in [6.45, 7) is 2.97. The quantitative estimate of drug-likeness (QED) is 0.220. The Bertz CT molecular complexity index is 1460. The van der Waals surface area contributed by atoms with Crippen molar-refractivity contribution in [3.05, 3.63) is 92.5 Å². The number of aliphatic imine (C=N–C) groups is 1. The summed E-state index contributed by atoms with van der Waals surface area (Å²) in [5.74, 6) is -1.22. The van der Waals surface area contributed by atoms with Crippen molar-refractivity contribution in [1.82, 2.24) is 9.80 Å². The molecule has 11 heteroatoms. The Morgan fingerprint density at radius 3 is 2.42 bits per heavy atom. The van der Waals surface area contributed by atoms with Crippen molar-refractivity contribution >= 4 is 51.9 Å². The van der Waals surface area contributed by atoms with Gasteiger partial charge in [-0.05, 0) is 55.1 Å². The van der Waals surface area contributed by atoms with Gasteiger partial charge in [0, 0.05) is 54.1 Å². The van der Waals surface area contributed by atoms with Gasteiger partial charge in [0.05, 0.1) is 16.3 Å². The highest BCUT2D eigenvalue weighted by Crippen LogP contribution is 2.38. The molecule has 0 aliphatic carbocycles. The van der Waals surface area contributed by atoms with Crippen LogP contribution in [-0.2, 0) is 4.79 Å². The summed E-state index contributed by atoms with van der Waals surface area (Å²) in [4.78, 5) is 45.8. The highest BCUT2D eigenvalue weighted by molar-refractivity contribution is 6.31. The topological polar surface area (TPSA) is 134 Å². The van der Waals surface area contributed by atoms with Gasteiger partial charge in [-0.15, -0.1) is 0 Å². The number of nitrogens with zero attached hydrogens (tertiary/aromatic N) is 4. The summed E-state index contributed by atoms with van der Waals surface area (Å²) in [7, 11) is 2.03. The molecule has 0 spiro atoms. The van der Waals surface area contributed by atoms with E-state index in [0.717, 1.165) is 13.1 Å². The first-order valence-corrected chi connectivity index (χ1v) is 12.4. The van der Waals surface area contributed by atoms with Crippen LogP contribution in [0.25, 0.3) is 0 Å². The molecule has 38 heavy (non-hydrogen) atoms. The SMILES string of the molecule is CN1CCN(C(=O)c2ccc(N=C(c3ccc(N)c([N+](=O)[O-])c3)C3C(=O)Nc4cc(Cl)ccc43)cc2)CC1. The van der Waals surface area contributed by atoms with Gasteiger partial charge in [-0.3, -0.25) is 24.7 Å². The lowest BCUT2D eigenvalue weighted by Gasteiger charge is -2.32. The van der Waals surface area contributed by atoms with Crippen molar-refractivity contribution in [1.29, 1.82) is 0 Å². The molecule has 1 fully saturated rings. The number of rotatable bonds is 5. The summed E-state index contributed by atoms with van der Waals surface area (Å²) in [5.41, 5.74) is 8.47. The zero-order valence-electron chi connectivity index (χ0n) is 20.6. The maximum absolute atomic E-state index is 13.1. The van der Waals surface area contributed by atoms with E-state index in [-0.39, 0.29) is 23.2 Å². The number of anilines is 2. The minimum atomic E-state index is -0.836. The average Bonchev–Trinajstić information content (AvgIpc) is 3.22. The van der Waals surface area contributed by atoms with Gasteiger partial charge in [-0.25, -0.2) is 0 Å². The molecule has 1 unspecified atom stereocenters. The fourth-order valence-corrected chi connectivity index (χ4v) is 4.84. The highest BCUT2D eigenvalue weighted by atomic mass is 35.5. The maximum Gasteiger partial charge on any atom is 0.292 e. The minimum absolute atomic E-state index is 0.00734. The summed E-state index contributed by atoms with van der Waals surface area (Å²) in [5, 5.41) is 14.9. The first kappa shape index (κ1) is 25.4. The van der Waals surface area contributed by atoms with Crippen LogP contribution in [-0.4, -0.2) is 65.5 Å². The Morgan fingerprint density at radius 1 is 1.05 bits per heavy atom. The molecule has 0 bridgehead atoms. The number of nitrogen functional groups attached to an aromatic ring is 1. The molecule has 0 saturated carbocycles. The smallest absolute Gasteiger partial charge is 0.292 e. The van der Waals surface area contributed by atoms with Crippen molar-refractivity contribution in [2.75, 3.05) is 44.3 Å². The van der Waals surface area contributed by atoms with Crippen LogP contribution >= 0.6 is 11.6 Å². The molecule has 2 aliphatic rings. The van der Waals surface area contributed by atoms with E-state index < -0.39 is 10.8 Å². The molecule has 1 atom stereocenters. The highest BCUT2D eigenvalue weighted by Gasteiger charge is 2.36. The molecule has 0 radical (unpaired) electrons. The van der Waals surface area contributed by atoms with Crippen LogP contribution in [0.15, 0.2) is 65.7 Å². The van der Waals surface area contributed by atoms with Crippen LogP contribution < -0.4 is 11.1 Å². The fourth-order valence-electron chi connectivity index (χ4n) is 4.67. The molecule has 1 saturated heterocycles. The van der Waals surface area contributed by atoms with Gasteiger partial charge < -0.3 is 20.9 Å². The third-order valence-electron chi connectivity index (χ3n) is 6.80. The van der Waals surface area contributed by atoms with Crippen molar-refractivity contribution < 1.29 is 14.5 Å². The van der Waals surface area contributed by atoms with E-state index in [0.29, 0.717) is 51.9 Å². The van der Waals surface area contributed by atoms with Crippen LogP contribution in [0.4, 0.5) is 22.7 Å². The number of piperazine rings is 1. The molecule has 3 aromatic carbocycles. The first-order chi connectivity index (χ1) is 18.2. The van der Waals surface area contributed by atoms with Gasteiger partial charge in [0.15, 0.2) is 0 Å². The van der Waals surface area contributed by atoms with E-state index in [1.165, 1.54) is 12.1 Å². The Hall–Kier alpha value is -4.28. The molecular formula is C27H25ClN6O4. The van der Waals surface area contributed by atoms with Crippen molar-refractivity contribution in [2.24, 2.45) is 4.99 Å². The Balaban J connectivity index is 1.54. The summed E-state index contributed by atoms with van der Waals surface area (Å²) in [6, 6.07) is 16.2. The third-order valence-corrected chi connectivity index (χ3v) is 7.03. The van der Waals surface area contributed by atoms with Crippen molar-refractivity contribution in [3.8, 4) is 0 Å². The lowest BCUT2D eigenvalue weighted by atomic mass is 9.90. The lowest BCUT2D eigenvalue weighted by molar-refractivity contribution is -0.383. The molecule has 194 valence electrons. The standard InChI is InChI=1S/C27H25ClN6O4/c1-32-10-12-33(13-11-32)27(36)16-2-6-19(7-3-16)30-25(17-4-9-21(29)23(14-17)34(37)38)24-20-8-5-18(28)15-22(20)31-26(24)35/h2-9,14-15,24H,10-13,29H2,1H3,(H,31,35). The Labute approximate surface area is 223 Å². The van der Waals surface area contributed by atoms with E-state index in [1.807, 2.05) is 11.9 Å². The Morgan fingerprint density at radius 2 is 1.74 bits per heavy atom. The molecule has 5 rings (SSSR count). The number of amides is 2. The molecule has 3 aromatic rings. The second kappa shape index (κ2) is 10.2. The van der Waals surface area contributed by atoms with Crippen LogP contribution in [0.1, 0.15) is 27.4 Å². The number of halogens is 1. The van der Waals surface area contributed by atoms with Crippen LogP contribution in [0.3, 0.4) is 0 Å². The lowest BCUT2D eigenvalue weighted by Crippen LogP contribution is -2.47. The number of nitro benzene ring substituents is 1. The number of likely N-dealkylation sites (N-methyl/N-ethyl adjacent to an activating group) is 1. The van der Waals surface area contributed by atoms with E-state index in [2.05, 4.69) is 10.2 Å². The zero-order chi connectivity index (χ0) is 27.0. The number of nitrogens with two attached hydrogens (primary N) is 1. The molecule has 10 nitrogen and oxygen atoms in total. The van der Waals surface area contributed by atoms with Crippen molar-refractivity contribution in [3.63, 3.8) is 0 Å². The van der Waals surface area contributed by atoms with Gasteiger partial charge >= 0.3 is 0 Å². The molecule has 3 N–H and O–H groups in total. The van der Waals surface area contributed by atoms with Gasteiger partial charge in [-0.1, -0.05) is 23.7 Å². The number of benzene rings is 3. The predicted molar refractivity (Wildman–Crippen MR) is 146 cm³/mol. The molecule has 0 aromatic heterocycles. The van der Waals surface area contributed by atoms with Crippen LogP contribution in [0.2, 0.25) is 5.02 Å². The molecule has 2 amide bonds. The predicted octanol–water partition coefficient (Wildman–Crippen LogP) is 4.07. The summed E-state index contributed by atoms with van der Waals surface area (Å²) >= 11 is 6.12. The van der Waals surface area contributed by atoms with Gasteiger partial charge in [0.2, 0.25) is 5.91 Å². The number of nitro groups is 1. The second-order valence-corrected chi connectivity index (χ2v) is 9.76. The first-order valence-electron chi connectivity index (χ1n) is 12.0. The van der Waals surface area contributed by atoms with Crippen molar-refractivity contribution in [2.45, 2.75) is 5.92 Å². The number of carbonyl (C=O) groups excluding carboxylic acids is 2. The second-order valence-electron chi connectivity index (χ2n) is 9.32. The minimum Gasteiger partial charge on any atom is -0.393 e. The van der Waals surface area contributed by atoms with E-state index in [1.54, 1.807) is 48.5 Å². The van der Waals surface area contributed by atoms with Gasteiger partial charge in [0.25, 0.3) is 11.6 Å². The number of carbonyl (C=O) groups is 2. The van der Waals surface area contributed by atoms with E-state index in [4.69, 9.17) is 22.3 Å². The zero-order valence-corrected chi connectivity index (χ0v) is 21.3. The molecule has 2 aliphatic heterocycles. The third kappa shape index (κ3) is 4.96. The monoisotopic (exact) mass is 532 g/mol. The largest absolute Gasteiger partial charge is 0.393 e. The summed E-state index contributed by atoms with van der Waals surface area (Å²) < 4.78 is 0. The molecule has 2 heterocycles. The van der Waals surface area contributed by atoms with Gasteiger partial charge in [-0.2, -0.15) is 0 Å². The number of fused-ring (bicyclic) bond motifs is 1. The van der Waals surface area contributed by atoms with E-state index >= 15 is 0 Å². The van der Waals surface area contributed by atoms with E-state index in [9.17, 15) is 19.7 Å². The fraction of sp³-hybridized carbons (Fsp3) is 0.222. The molecular weight excluding hydrogens is 508 g/mol. The van der Waals surface area contributed by atoms with Gasteiger partial charge in [0.1, 0.15) is 11.6 Å². The normalized spacial score (nSPS) is 17.7. The summed E-state index contributed by atoms with van der Waals surface area (Å²) in [6.07, 6.45) is 0. The number of hydrogen-bond acceptors (Lipinski definition) is 7. The van der Waals surface area contributed by atoms with Crippen LogP contribution in [0, 0.1) is 10.1 Å². The van der Waals surface area contributed by atoms with Crippen LogP contribution in [0.5, 0.6) is 0 Å². The Kier molecular flexibility index (Phi) is 6.83. The maximum atomic E-state index is 13.1. The average molecular weight is 533 g/mol.